The van der Waals surface area contributed by atoms with Crippen LogP contribution in [0.3, 0.4) is 0 Å². The molecule has 0 bridgehead atoms. The van der Waals surface area contributed by atoms with Crippen molar-refractivity contribution in [3.8, 4) is 22.6 Å². The molecule has 0 atom stereocenters. The van der Waals surface area contributed by atoms with Gasteiger partial charge in [0.1, 0.15) is 5.69 Å². The molecule has 0 radical (unpaired) electrons. The fraction of sp³-hybridized carbons (Fsp3) is 0. The van der Waals surface area contributed by atoms with E-state index in [0.717, 1.165) is 22.6 Å². The third-order valence-electron chi connectivity index (χ3n) is 4.62. The molecule has 2 aromatic heterocycles. The van der Waals surface area contributed by atoms with Crippen LogP contribution in [-0.2, 0) is 0 Å². The van der Waals surface area contributed by atoms with Crippen LogP contribution >= 0.6 is 0 Å². The summed E-state index contributed by atoms with van der Waals surface area (Å²) < 4.78 is 0. The smallest absolute Gasteiger partial charge is 0.107 e. The first kappa shape index (κ1) is 14.7. The van der Waals surface area contributed by atoms with E-state index in [-0.39, 0.29) is 0 Å². The average molecular weight is 333 g/mol. The van der Waals surface area contributed by atoms with E-state index < -0.39 is 0 Å². The first-order valence-electron chi connectivity index (χ1n) is 8.54. The quantitative estimate of drug-likeness (QED) is 0.400. The lowest BCUT2D eigenvalue weighted by Gasteiger charge is -2.07. The van der Waals surface area contributed by atoms with Gasteiger partial charge in [0.15, 0.2) is 0 Å². The average Bonchev–Trinajstić information content (AvgIpc) is 2.74. The molecule has 0 aliphatic carbocycles. The minimum Gasteiger partial charge on any atom is -0.255 e. The SMILES string of the molecule is c1ccc(-c2cnc(-c3ccc4c(ccc5ccccc54)c3)cn2)nc1. The van der Waals surface area contributed by atoms with Crippen LogP contribution in [0.2, 0.25) is 0 Å². The molecular formula is C23H15N3. The zero-order valence-electron chi connectivity index (χ0n) is 14.0. The van der Waals surface area contributed by atoms with Crippen molar-refractivity contribution in [2.75, 3.05) is 0 Å². The summed E-state index contributed by atoms with van der Waals surface area (Å²) in [5.41, 5.74) is 3.53. The maximum Gasteiger partial charge on any atom is 0.107 e. The Labute approximate surface area is 151 Å². The van der Waals surface area contributed by atoms with Crippen LogP contribution in [0.1, 0.15) is 0 Å². The molecule has 2 heterocycles. The Morgan fingerprint density at radius 3 is 2.12 bits per heavy atom. The lowest BCUT2D eigenvalue weighted by atomic mass is 9.99. The highest BCUT2D eigenvalue weighted by Gasteiger charge is 2.06. The summed E-state index contributed by atoms with van der Waals surface area (Å²) in [7, 11) is 0. The molecule has 3 aromatic carbocycles. The molecular weight excluding hydrogens is 318 g/mol. The van der Waals surface area contributed by atoms with Crippen LogP contribution in [0, 0.1) is 0 Å². The number of fused-ring (bicyclic) bond motifs is 3. The minimum atomic E-state index is 0.779. The molecule has 0 N–H and O–H groups in total. The largest absolute Gasteiger partial charge is 0.255 e. The van der Waals surface area contributed by atoms with Gasteiger partial charge < -0.3 is 0 Å². The number of aromatic nitrogens is 3. The topological polar surface area (TPSA) is 38.7 Å². The van der Waals surface area contributed by atoms with Gasteiger partial charge in [-0.25, -0.2) is 0 Å². The van der Waals surface area contributed by atoms with Gasteiger partial charge in [0.05, 0.1) is 23.8 Å². The van der Waals surface area contributed by atoms with Gasteiger partial charge in [-0.15, -0.1) is 0 Å². The summed E-state index contributed by atoms with van der Waals surface area (Å²) in [4.78, 5) is 13.4. The summed E-state index contributed by atoms with van der Waals surface area (Å²) in [6, 6.07) is 25.0. The highest BCUT2D eigenvalue weighted by molar-refractivity contribution is 6.08. The van der Waals surface area contributed by atoms with Gasteiger partial charge in [-0.05, 0) is 39.7 Å². The predicted octanol–water partition coefficient (Wildman–Crippen LogP) is 5.51. The number of rotatable bonds is 2. The van der Waals surface area contributed by atoms with Crippen molar-refractivity contribution in [3.63, 3.8) is 0 Å². The first-order chi connectivity index (χ1) is 12.9. The monoisotopic (exact) mass is 333 g/mol. The number of hydrogen-bond acceptors (Lipinski definition) is 3. The summed E-state index contributed by atoms with van der Waals surface area (Å²) in [6.45, 7) is 0. The second-order valence-corrected chi connectivity index (χ2v) is 6.22. The second-order valence-electron chi connectivity index (χ2n) is 6.22. The first-order valence-corrected chi connectivity index (χ1v) is 8.54. The molecule has 0 amide bonds. The Bertz CT molecular complexity index is 1210. The molecule has 0 saturated heterocycles. The maximum absolute atomic E-state index is 4.59. The molecule has 0 spiro atoms. The molecule has 0 unspecified atom stereocenters. The van der Waals surface area contributed by atoms with E-state index in [2.05, 4.69) is 69.5 Å². The van der Waals surface area contributed by atoms with Crippen molar-refractivity contribution in [3.05, 3.63) is 91.4 Å². The normalized spacial score (nSPS) is 11.1. The molecule has 0 aliphatic rings. The van der Waals surface area contributed by atoms with Gasteiger partial charge in [-0.3, -0.25) is 15.0 Å². The van der Waals surface area contributed by atoms with E-state index in [1.807, 2.05) is 24.4 Å². The van der Waals surface area contributed by atoms with Crippen LogP contribution in [0.4, 0.5) is 0 Å². The molecule has 3 heteroatoms. The van der Waals surface area contributed by atoms with Crippen LogP contribution in [-0.4, -0.2) is 15.0 Å². The standard InChI is InChI=1S/C23H15N3/c1-2-6-19-16(5-1)8-9-17-13-18(10-11-20(17)19)22-14-26-23(15-25-22)21-7-3-4-12-24-21/h1-15H. The zero-order chi connectivity index (χ0) is 17.3. The van der Waals surface area contributed by atoms with Crippen LogP contribution in [0.5, 0.6) is 0 Å². The molecule has 3 nitrogen and oxygen atoms in total. The summed E-state index contributed by atoms with van der Waals surface area (Å²) >= 11 is 0. The van der Waals surface area contributed by atoms with E-state index in [4.69, 9.17) is 0 Å². The van der Waals surface area contributed by atoms with Crippen LogP contribution in [0.25, 0.3) is 44.2 Å². The number of hydrogen-bond donors (Lipinski definition) is 0. The zero-order valence-corrected chi connectivity index (χ0v) is 14.0. The third kappa shape index (κ3) is 2.50. The van der Waals surface area contributed by atoms with Gasteiger partial charge in [0.25, 0.3) is 0 Å². The number of nitrogens with zero attached hydrogens (tertiary/aromatic N) is 3. The Kier molecular flexibility index (Phi) is 3.42. The van der Waals surface area contributed by atoms with E-state index in [0.29, 0.717) is 0 Å². The predicted molar refractivity (Wildman–Crippen MR) is 106 cm³/mol. The van der Waals surface area contributed by atoms with Crippen molar-refractivity contribution in [2.45, 2.75) is 0 Å². The minimum absolute atomic E-state index is 0.779. The van der Waals surface area contributed by atoms with Crippen molar-refractivity contribution < 1.29 is 0 Å². The third-order valence-corrected chi connectivity index (χ3v) is 4.62. The number of pyridine rings is 1. The summed E-state index contributed by atoms with van der Waals surface area (Å²) in [5.74, 6) is 0. The van der Waals surface area contributed by atoms with Crippen LogP contribution < -0.4 is 0 Å². The fourth-order valence-corrected chi connectivity index (χ4v) is 3.30. The molecule has 0 fully saturated rings. The Morgan fingerprint density at radius 2 is 1.27 bits per heavy atom. The van der Waals surface area contributed by atoms with Gasteiger partial charge in [0.2, 0.25) is 0 Å². The number of benzene rings is 3. The lowest BCUT2D eigenvalue weighted by molar-refractivity contribution is 1.18. The molecule has 0 aliphatic heterocycles. The molecule has 0 saturated carbocycles. The Hall–Kier alpha value is -3.59. The molecule has 5 aromatic rings. The summed E-state index contributed by atoms with van der Waals surface area (Å²) in [6.07, 6.45) is 5.35. The van der Waals surface area contributed by atoms with E-state index >= 15 is 0 Å². The lowest BCUT2D eigenvalue weighted by Crippen LogP contribution is -1.91. The van der Waals surface area contributed by atoms with E-state index in [9.17, 15) is 0 Å². The summed E-state index contributed by atoms with van der Waals surface area (Å²) in [5, 5.41) is 4.99. The van der Waals surface area contributed by atoms with Crippen molar-refractivity contribution in [2.24, 2.45) is 0 Å². The van der Waals surface area contributed by atoms with Gasteiger partial charge in [-0.1, -0.05) is 54.6 Å². The fourth-order valence-electron chi connectivity index (χ4n) is 3.30. The van der Waals surface area contributed by atoms with Gasteiger partial charge >= 0.3 is 0 Å². The Balaban J connectivity index is 1.57. The highest BCUT2D eigenvalue weighted by atomic mass is 14.8. The van der Waals surface area contributed by atoms with E-state index in [1.54, 1.807) is 12.4 Å². The van der Waals surface area contributed by atoms with Gasteiger partial charge in [-0.2, -0.15) is 0 Å². The van der Waals surface area contributed by atoms with Crippen molar-refractivity contribution in [1.29, 1.82) is 0 Å². The van der Waals surface area contributed by atoms with Crippen molar-refractivity contribution in [1.82, 2.24) is 15.0 Å². The second kappa shape index (κ2) is 6.05. The van der Waals surface area contributed by atoms with Crippen LogP contribution in [0.15, 0.2) is 91.4 Å². The molecule has 26 heavy (non-hydrogen) atoms. The Morgan fingerprint density at radius 1 is 0.500 bits per heavy atom. The van der Waals surface area contributed by atoms with E-state index in [1.165, 1.54) is 21.5 Å². The van der Waals surface area contributed by atoms with Gasteiger partial charge in [0, 0.05) is 11.8 Å². The molecule has 5 rings (SSSR count). The highest BCUT2D eigenvalue weighted by Crippen LogP contribution is 2.29. The molecule has 122 valence electrons. The van der Waals surface area contributed by atoms with Crippen molar-refractivity contribution >= 4 is 21.5 Å². The maximum atomic E-state index is 4.59.